The van der Waals surface area contributed by atoms with Gasteiger partial charge in [-0.05, 0) is 39.0 Å². The van der Waals surface area contributed by atoms with Gasteiger partial charge in [-0.2, -0.15) is 5.10 Å². The maximum absolute atomic E-state index is 16.2. The Bertz CT molecular complexity index is 3170. The zero-order valence-electron chi connectivity index (χ0n) is 34.3. The van der Waals surface area contributed by atoms with Crippen molar-refractivity contribution in [3.05, 3.63) is 124 Å². The smallest absolute Gasteiger partial charge is 0.268 e. The van der Waals surface area contributed by atoms with Crippen LogP contribution in [0.5, 0.6) is 11.5 Å². The molecule has 8 aromatic rings. The van der Waals surface area contributed by atoms with Gasteiger partial charge >= 0.3 is 0 Å². The van der Waals surface area contributed by atoms with E-state index >= 15 is 4.39 Å². The number of anilines is 2. The molecule has 2 aliphatic rings. The number of aryl methyl sites for hydroxylation is 1. The van der Waals surface area contributed by atoms with Gasteiger partial charge in [0.05, 0.1) is 37.1 Å². The lowest BCUT2D eigenvalue weighted by atomic mass is 9.98. The van der Waals surface area contributed by atoms with Crippen LogP contribution >= 0.6 is 0 Å². The van der Waals surface area contributed by atoms with Crippen molar-refractivity contribution in [2.75, 3.05) is 23.8 Å². The SMILES string of the molecule is Cc1nn(C(C)C)cc1-c1cnc(NCc2c(F)cc(Cc3cn(-c4cnc(NCc5c(F)ccc6c5CCO6)n5cc(C(N)=O)nc45)cn3)c3c2CCO3)n2cc(C(N)=O)nc12. The Balaban J connectivity index is 0.909. The average Bonchev–Trinajstić information content (AvgIpc) is 4.11. The zero-order chi connectivity index (χ0) is 43.7. The molecule has 320 valence electrons. The summed E-state index contributed by atoms with van der Waals surface area (Å²) >= 11 is 0. The van der Waals surface area contributed by atoms with Crippen LogP contribution in [0.2, 0.25) is 0 Å². The summed E-state index contributed by atoms with van der Waals surface area (Å²) in [4.78, 5) is 47.4. The Morgan fingerprint density at radius 3 is 2.19 bits per heavy atom. The first kappa shape index (κ1) is 39.2. The van der Waals surface area contributed by atoms with E-state index < -0.39 is 17.6 Å². The lowest BCUT2D eigenvalue weighted by Gasteiger charge is -2.15. The molecule has 20 heteroatoms. The standard InChI is InChI=1S/C43H40F2N14O4/c1-21(2)59-17-30(22(3)55-59)29-14-50-42(57-18-33(38(46)60)53-40(29)57)49-13-28-26-7-9-63-37(26)23(11-32(28)45)10-24-16-56(20-52-24)35-15-51-43(58-19-34(39(47)61)54-41(35)58)48-12-27-25-6-8-62-36(25)5-4-31(27)44/h4-5,11,14-21H,6-10,12-13H2,1-3H3,(H2,46,60)(H2,47,61)(H,48,51)(H,49,50). The number of benzene rings is 2. The van der Waals surface area contributed by atoms with Gasteiger partial charge in [0.1, 0.15) is 45.9 Å². The first-order valence-corrected chi connectivity index (χ1v) is 20.2. The molecule has 2 aliphatic heterocycles. The second kappa shape index (κ2) is 15.2. The van der Waals surface area contributed by atoms with Crippen molar-refractivity contribution >= 4 is 35.0 Å². The first-order chi connectivity index (χ1) is 30.4. The normalized spacial score (nSPS) is 13.1. The van der Waals surface area contributed by atoms with Crippen LogP contribution in [0.1, 0.15) is 80.1 Å². The molecule has 2 aromatic carbocycles. The van der Waals surface area contributed by atoms with Gasteiger partial charge in [0, 0.05) is 108 Å². The molecule has 0 unspecified atom stereocenters. The summed E-state index contributed by atoms with van der Waals surface area (Å²) in [5, 5.41) is 11.0. The van der Waals surface area contributed by atoms with E-state index in [-0.39, 0.29) is 42.8 Å². The minimum absolute atomic E-state index is 0.00758. The summed E-state index contributed by atoms with van der Waals surface area (Å²) in [5.41, 5.74) is 18.5. The Kier molecular flexibility index (Phi) is 9.48. The number of rotatable bonds is 13. The highest BCUT2D eigenvalue weighted by Gasteiger charge is 2.26. The van der Waals surface area contributed by atoms with E-state index in [1.165, 1.54) is 24.5 Å². The minimum Gasteiger partial charge on any atom is -0.493 e. The molecule has 0 saturated heterocycles. The van der Waals surface area contributed by atoms with Gasteiger partial charge < -0.3 is 36.1 Å². The summed E-state index contributed by atoms with van der Waals surface area (Å²) in [6.07, 6.45) is 12.8. The van der Waals surface area contributed by atoms with Crippen LogP contribution in [0.25, 0.3) is 28.1 Å². The Morgan fingerprint density at radius 1 is 0.810 bits per heavy atom. The summed E-state index contributed by atoms with van der Waals surface area (Å²) in [6.45, 7) is 6.97. The zero-order valence-corrected chi connectivity index (χ0v) is 34.3. The van der Waals surface area contributed by atoms with Crippen LogP contribution in [0, 0.1) is 18.6 Å². The van der Waals surface area contributed by atoms with Crippen molar-refractivity contribution in [1.82, 2.24) is 48.1 Å². The molecule has 63 heavy (non-hydrogen) atoms. The Morgan fingerprint density at radius 2 is 1.48 bits per heavy atom. The number of primary amides is 2. The lowest BCUT2D eigenvalue weighted by Crippen LogP contribution is -2.11. The van der Waals surface area contributed by atoms with E-state index in [0.29, 0.717) is 94.4 Å². The number of nitrogens with two attached hydrogens (primary N) is 2. The van der Waals surface area contributed by atoms with E-state index in [1.807, 2.05) is 31.6 Å². The number of imidazole rings is 3. The fourth-order valence-corrected chi connectivity index (χ4v) is 8.25. The molecule has 0 saturated carbocycles. The number of amides is 2. The second-order valence-corrected chi connectivity index (χ2v) is 15.7. The van der Waals surface area contributed by atoms with Crippen molar-refractivity contribution < 1.29 is 27.8 Å². The number of carbonyl (C=O) groups excluding carboxylic acids is 2. The quantitative estimate of drug-likeness (QED) is 0.122. The summed E-state index contributed by atoms with van der Waals surface area (Å²) in [7, 11) is 0. The number of hydrogen-bond donors (Lipinski definition) is 4. The monoisotopic (exact) mass is 854 g/mol. The Hall–Kier alpha value is -7.90. The number of nitrogens with zero attached hydrogens (tertiary/aromatic N) is 10. The molecular formula is C43H40F2N14O4. The van der Waals surface area contributed by atoms with Gasteiger partial charge in [-0.3, -0.25) is 23.1 Å². The highest BCUT2D eigenvalue weighted by molar-refractivity contribution is 5.93. The number of fused-ring (bicyclic) bond motifs is 4. The minimum atomic E-state index is -0.733. The molecule has 6 aromatic heterocycles. The molecular weight excluding hydrogens is 815 g/mol. The van der Waals surface area contributed by atoms with Crippen molar-refractivity contribution in [2.24, 2.45) is 11.5 Å². The van der Waals surface area contributed by atoms with Gasteiger partial charge in [0.25, 0.3) is 11.8 Å². The van der Waals surface area contributed by atoms with Crippen LogP contribution in [0.4, 0.5) is 20.7 Å². The number of aromatic nitrogens is 10. The van der Waals surface area contributed by atoms with Gasteiger partial charge in [-0.1, -0.05) is 0 Å². The molecule has 0 fully saturated rings. The summed E-state index contributed by atoms with van der Waals surface area (Å²) in [6, 6.07) is 4.58. The number of hydrogen-bond acceptors (Lipinski definition) is 12. The molecule has 0 bridgehead atoms. The van der Waals surface area contributed by atoms with E-state index in [0.717, 1.165) is 22.4 Å². The predicted molar refractivity (Wildman–Crippen MR) is 225 cm³/mol. The van der Waals surface area contributed by atoms with Gasteiger partial charge in [-0.25, -0.2) is 33.7 Å². The van der Waals surface area contributed by atoms with Crippen molar-refractivity contribution in [3.8, 4) is 28.3 Å². The molecule has 2 amide bonds. The maximum atomic E-state index is 16.2. The van der Waals surface area contributed by atoms with Crippen molar-refractivity contribution in [2.45, 2.75) is 59.2 Å². The third-order valence-corrected chi connectivity index (χ3v) is 11.4. The van der Waals surface area contributed by atoms with Gasteiger partial charge in [0.15, 0.2) is 5.65 Å². The third-order valence-electron chi connectivity index (χ3n) is 11.4. The molecule has 6 N–H and O–H groups in total. The van der Waals surface area contributed by atoms with Gasteiger partial charge in [-0.15, -0.1) is 0 Å². The van der Waals surface area contributed by atoms with Gasteiger partial charge in [0.2, 0.25) is 11.9 Å². The molecule has 0 atom stereocenters. The van der Waals surface area contributed by atoms with Crippen LogP contribution < -0.4 is 31.6 Å². The molecule has 18 nitrogen and oxygen atoms in total. The largest absolute Gasteiger partial charge is 0.493 e. The fraction of sp³-hybridized carbons (Fsp3) is 0.256. The maximum Gasteiger partial charge on any atom is 0.268 e. The van der Waals surface area contributed by atoms with Crippen molar-refractivity contribution in [1.29, 1.82) is 0 Å². The van der Waals surface area contributed by atoms with E-state index in [4.69, 9.17) is 20.9 Å². The number of carbonyl (C=O) groups is 2. The van der Waals surface area contributed by atoms with E-state index in [9.17, 15) is 14.0 Å². The third kappa shape index (κ3) is 6.88. The first-order valence-electron chi connectivity index (χ1n) is 20.2. The highest BCUT2D eigenvalue weighted by Crippen LogP contribution is 2.37. The highest BCUT2D eigenvalue weighted by atomic mass is 19.1. The topological polar surface area (TPSA) is 225 Å². The number of ether oxygens (including phenoxy) is 2. The molecule has 0 spiro atoms. The fourth-order valence-electron chi connectivity index (χ4n) is 8.25. The summed E-state index contributed by atoms with van der Waals surface area (Å²) < 4.78 is 49.6. The molecule has 8 heterocycles. The molecule has 10 rings (SSSR count). The van der Waals surface area contributed by atoms with E-state index in [1.54, 1.807) is 44.4 Å². The van der Waals surface area contributed by atoms with Crippen LogP contribution in [-0.2, 0) is 32.4 Å². The molecule has 0 radical (unpaired) electrons. The summed E-state index contributed by atoms with van der Waals surface area (Å²) in [5.74, 6) is -0.355. The average molecular weight is 855 g/mol. The predicted octanol–water partition coefficient (Wildman–Crippen LogP) is 4.87. The van der Waals surface area contributed by atoms with Crippen LogP contribution in [0.3, 0.4) is 0 Å². The van der Waals surface area contributed by atoms with Crippen LogP contribution in [0.15, 0.2) is 61.7 Å². The molecule has 0 aliphatic carbocycles. The van der Waals surface area contributed by atoms with E-state index in [2.05, 4.69) is 40.7 Å². The van der Waals surface area contributed by atoms with Crippen LogP contribution in [-0.4, -0.2) is 73.1 Å². The Labute approximate surface area is 356 Å². The van der Waals surface area contributed by atoms with Crippen molar-refractivity contribution in [3.63, 3.8) is 0 Å². The lowest BCUT2D eigenvalue weighted by molar-refractivity contribution is 0.0988. The number of halogens is 2. The number of nitrogens with one attached hydrogen (secondary N) is 2. The second-order valence-electron chi connectivity index (χ2n) is 15.7.